The fraction of sp³-hybridized carbons (Fsp3) is 0.308. The largest absolute Gasteiger partial charge is 0.487 e. The van der Waals surface area contributed by atoms with E-state index in [-0.39, 0.29) is 4.90 Å². The molecule has 1 aromatic carbocycles. The first-order chi connectivity index (χ1) is 9.27. The average molecular weight is 315 g/mol. The third-order valence-corrected chi connectivity index (χ3v) is 4.25. The first-order valence-electron chi connectivity index (χ1n) is 5.95. The van der Waals surface area contributed by atoms with Crippen molar-refractivity contribution in [3.05, 3.63) is 41.2 Å². The van der Waals surface area contributed by atoms with Crippen molar-refractivity contribution in [2.45, 2.75) is 25.3 Å². The first-order valence-corrected chi connectivity index (χ1v) is 8.26. The van der Waals surface area contributed by atoms with Crippen molar-refractivity contribution in [3.8, 4) is 5.75 Å². The van der Waals surface area contributed by atoms with E-state index in [0.29, 0.717) is 17.9 Å². The van der Waals surface area contributed by atoms with Gasteiger partial charge >= 0.3 is 0 Å². The molecule has 0 N–H and O–H groups in total. The summed E-state index contributed by atoms with van der Waals surface area (Å²) in [4.78, 5) is 0.0698. The molecule has 0 aliphatic rings. The molecule has 0 bridgehead atoms. The number of halogens is 1. The summed E-state index contributed by atoms with van der Waals surface area (Å²) in [5, 5.41) is 4.23. The van der Waals surface area contributed by atoms with Gasteiger partial charge in [0.15, 0.2) is 0 Å². The number of rotatable bonds is 4. The Balaban J connectivity index is 2.17. The molecule has 20 heavy (non-hydrogen) atoms. The topological polar surface area (TPSA) is 61.2 Å². The Bertz CT molecular complexity index is 738. The van der Waals surface area contributed by atoms with Gasteiger partial charge in [0.05, 0.1) is 16.3 Å². The molecule has 7 heteroatoms. The summed E-state index contributed by atoms with van der Waals surface area (Å²) in [7, 11) is 3.44. The van der Waals surface area contributed by atoms with Crippen LogP contribution in [0.25, 0.3) is 0 Å². The molecule has 0 aliphatic carbocycles. The van der Waals surface area contributed by atoms with Gasteiger partial charge in [-0.3, -0.25) is 4.68 Å². The van der Waals surface area contributed by atoms with Crippen LogP contribution in [-0.2, 0) is 22.7 Å². The van der Waals surface area contributed by atoms with Crippen molar-refractivity contribution in [1.82, 2.24) is 9.78 Å². The van der Waals surface area contributed by atoms with E-state index in [4.69, 9.17) is 15.4 Å². The van der Waals surface area contributed by atoms with Gasteiger partial charge in [-0.2, -0.15) is 5.10 Å². The van der Waals surface area contributed by atoms with Crippen molar-refractivity contribution < 1.29 is 13.2 Å². The highest BCUT2D eigenvalue weighted by atomic mass is 35.7. The van der Waals surface area contributed by atoms with Gasteiger partial charge in [-0.05, 0) is 43.7 Å². The normalized spacial score (nSPS) is 11.6. The second-order valence-electron chi connectivity index (χ2n) is 4.55. The highest BCUT2D eigenvalue weighted by Gasteiger charge is 2.12. The van der Waals surface area contributed by atoms with Crippen molar-refractivity contribution in [2.75, 3.05) is 0 Å². The molecule has 0 atom stereocenters. The van der Waals surface area contributed by atoms with Gasteiger partial charge in [-0.15, -0.1) is 0 Å². The molecule has 0 radical (unpaired) electrons. The quantitative estimate of drug-likeness (QED) is 0.814. The molecule has 0 fully saturated rings. The Kier molecular flexibility index (Phi) is 4.06. The second kappa shape index (κ2) is 5.46. The fourth-order valence-corrected chi connectivity index (χ4v) is 2.72. The van der Waals surface area contributed by atoms with Crippen molar-refractivity contribution in [3.63, 3.8) is 0 Å². The van der Waals surface area contributed by atoms with Gasteiger partial charge < -0.3 is 4.74 Å². The smallest absolute Gasteiger partial charge is 0.261 e. The maximum absolute atomic E-state index is 11.2. The van der Waals surface area contributed by atoms with E-state index in [1.807, 2.05) is 20.0 Å². The zero-order valence-corrected chi connectivity index (χ0v) is 13.0. The number of ether oxygens (including phenoxy) is 1. The van der Waals surface area contributed by atoms with Gasteiger partial charge in [0.2, 0.25) is 0 Å². The molecule has 5 nitrogen and oxygen atoms in total. The number of benzene rings is 1. The summed E-state index contributed by atoms with van der Waals surface area (Å²) in [6.45, 7) is 4.05. The molecule has 2 aromatic rings. The molecule has 1 heterocycles. The SMILES string of the molecule is Cc1cc(COc2ccc(S(=O)(=O)Cl)cc2C)n(C)n1. The minimum atomic E-state index is -3.71. The molecular formula is C13H15ClN2O3S. The summed E-state index contributed by atoms with van der Waals surface area (Å²) in [5.74, 6) is 0.618. The van der Waals surface area contributed by atoms with Crippen LogP contribution in [-0.4, -0.2) is 18.2 Å². The van der Waals surface area contributed by atoms with Crippen LogP contribution in [0, 0.1) is 13.8 Å². The van der Waals surface area contributed by atoms with E-state index in [0.717, 1.165) is 11.4 Å². The molecular weight excluding hydrogens is 300 g/mol. The van der Waals surface area contributed by atoms with E-state index in [1.165, 1.54) is 12.1 Å². The third kappa shape index (κ3) is 3.32. The summed E-state index contributed by atoms with van der Waals surface area (Å²) in [6.07, 6.45) is 0. The summed E-state index contributed by atoms with van der Waals surface area (Å²) >= 11 is 0. The first kappa shape index (κ1) is 14.9. The summed E-state index contributed by atoms with van der Waals surface area (Å²) in [6, 6.07) is 6.46. The van der Waals surface area contributed by atoms with Crippen molar-refractivity contribution >= 4 is 19.7 Å². The van der Waals surface area contributed by atoms with Gasteiger partial charge in [-0.1, -0.05) is 0 Å². The highest BCUT2D eigenvalue weighted by molar-refractivity contribution is 8.13. The van der Waals surface area contributed by atoms with Gasteiger partial charge in [-0.25, -0.2) is 8.42 Å². The molecule has 108 valence electrons. The molecule has 0 saturated carbocycles. The maximum Gasteiger partial charge on any atom is 0.261 e. The van der Waals surface area contributed by atoms with E-state index in [2.05, 4.69) is 5.10 Å². The lowest BCUT2D eigenvalue weighted by atomic mass is 10.2. The van der Waals surface area contributed by atoms with Crippen LogP contribution in [0.5, 0.6) is 5.75 Å². The lowest BCUT2D eigenvalue weighted by Crippen LogP contribution is -2.04. The lowest BCUT2D eigenvalue weighted by Gasteiger charge is -2.10. The third-order valence-electron chi connectivity index (χ3n) is 2.90. The van der Waals surface area contributed by atoms with Crippen molar-refractivity contribution in [1.29, 1.82) is 0 Å². The zero-order chi connectivity index (χ0) is 14.9. The van der Waals surface area contributed by atoms with Crippen LogP contribution in [0.15, 0.2) is 29.2 Å². The Morgan fingerprint density at radius 3 is 2.50 bits per heavy atom. The van der Waals surface area contributed by atoms with Crippen molar-refractivity contribution in [2.24, 2.45) is 7.05 Å². The number of nitrogens with zero attached hydrogens (tertiary/aromatic N) is 2. The molecule has 0 amide bonds. The van der Waals surface area contributed by atoms with Gasteiger partial charge in [0.1, 0.15) is 12.4 Å². The second-order valence-corrected chi connectivity index (χ2v) is 7.12. The molecule has 2 rings (SSSR count). The van der Waals surface area contributed by atoms with E-state index in [1.54, 1.807) is 17.7 Å². The zero-order valence-electron chi connectivity index (χ0n) is 11.4. The lowest BCUT2D eigenvalue weighted by molar-refractivity contribution is 0.292. The predicted octanol–water partition coefficient (Wildman–Crippen LogP) is 2.54. The molecule has 0 unspecified atom stereocenters. The Morgan fingerprint density at radius 2 is 2.00 bits per heavy atom. The predicted molar refractivity (Wildman–Crippen MR) is 76.5 cm³/mol. The Morgan fingerprint density at radius 1 is 1.30 bits per heavy atom. The van der Waals surface area contributed by atoms with Crippen LogP contribution in [0.3, 0.4) is 0 Å². The van der Waals surface area contributed by atoms with E-state index >= 15 is 0 Å². The van der Waals surface area contributed by atoms with Crippen LogP contribution in [0.2, 0.25) is 0 Å². The standard InChI is InChI=1S/C13H15ClN2O3S/c1-9-6-12(20(14,17)18)4-5-13(9)19-8-11-7-10(2)15-16(11)3/h4-7H,8H2,1-3H3. The Hall–Kier alpha value is -1.53. The number of hydrogen-bond donors (Lipinski definition) is 0. The number of aromatic nitrogens is 2. The minimum Gasteiger partial charge on any atom is -0.487 e. The molecule has 1 aromatic heterocycles. The molecule has 0 aliphatic heterocycles. The summed E-state index contributed by atoms with van der Waals surface area (Å²) < 4.78 is 29.9. The number of hydrogen-bond acceptors (Lipinski definition) is 4. The van der Waals surface area contributed by atoms with E-state index in [9.17, 15) is 8.42 Å². The monoisotopic (exact) mass is 314 g/mol. The molecule has 0 spiro atoms. The van der Waals surface area contributed by atoms with Crippen LogP contribution in [0.1, 0.15) is 17.0 Å². The Labute approximate surface area is 122 Å². The minimum absolute atomic E-state index is 0.0698. The van der Waals surface area contributed by atoms with Crippen LogP contribution >= 0.6 is 10.7 Å². The summed E-state index contributed by atoms with van der Waals surface area (Å²) in [5.41, 5.74) is 2.58. The van der Waals surface area contributed by atoms with Gasteiger partial charge in [0, 0.05) is 17.7 Å². The van der Waals surface area contributed by atoms with Gasteiger partial charge in [0.25, 0.3) is 9.05 Å². The van der Waals surface area contributed by atoms with Crippen LogP contribution < -0.4 is 4.74 Å². The maximum atomic E-state index is 11.2. The fourth-order valence-electron chi connectivity index (χ4n) is 1.89. The number of aryl methyl sites for hydroxylation is 3. The van der Waals surface area contributed by atoms with E-state index < -0.39 is 9.05 Å². The average Bonchev–Trinajstić information content (AvgIpc) is 2.65. The highest BCUT2D eigenvalue weighted by Crippen LogP contribution is 2.24. The molecule has 0 saturated heterocycles. The van der Waals surface area contributed by atoms with Crippen LogP contribution in [0.4, 0.5) is 0 Å².